The van der Waals surface area contributed by atoms with E-state index in [-0.39, 0.29) is 35.8 Å². The van der Waals surface area contributed by atoms with Crippen LogP contribution in [0, 0.1) is 0 Å². The average molecular weight is 506 g/mol. The quantitative estimate of drug-likeness (QED) is 0.260. The molecule has 2 rings (SSSR count). The van der Waals surface area contributed by atoms with Crippen molar-refractivity contribution in [3.05, 3.63) is 0 Å². The number of halogens is 1. The van der Waals surface area contributed by atoms with Crippen molar-refractivity contribution in [2.75, 3.05) is 44.8 Å². The van der Waals surface area contributed by atoms with Gasteiger partial charge in [0.05, 0.1) is 11.9 Å². The highest BCUT2D eigenvalue weighted by molar-refractivity contribution is 14.0. The van der Waals surface area contributed by atoms with E-state index in [4.69, 9.17) is 4.74 Å². The van der Waals surface area contributed by atoms with Gasteiger partial charge in [-0.05, 0) is 37.9 Å². The van der Waals surface area contributed by atoms with Gasteiger partial charge in [-0.3, -0.25) is 4.99 Å². The summed E-state index contributed by atoms with van der Waals surface area (Å²) in [5.74, 6) is 1.92. The Labute approximate surface area is 173 Å². The monoisotopic (exact) mass is 506 g/mol. The summed E-state index contributed by atoms with van der Waals surface area (Å²) in [5, 5.41) is 6.96. The maximum absolute atomic E-state index is 12.0. The Morgan fingerprint density at radius 1 is 1.20 bits per heavy atom. The van der Waals surface area contributed by atoms with Crippen molar-refractivity contribution in [1.29, 1.82) is 0 Å². The van der Waals surface area contributed by atoms with Gasteiger partial charge in [0.2, 0.25) is 10.0 Å². The molecule has 0 bridgehead atoms. The third kappa shape index (κ3) is 9.64. The predicted molar refractivity (Wildman–Crippen MR) is 116 cm³/mol. The molecule has 0 aromatic rings. The fourth-order valence-electron chi connectivity index (χ4n) is 2.80. The summed E-state index contributed by atoms with van der Waals surface area (Å²) in [6, 6.07) is 0. The minimum Gasteiger partial charge on any atom is -0.377 e. The third-order valence-corrected chi connectivity index (χ3v) is 6.96. The molecule has 3 N–H and O–H groups in total. The molecule has 0 radical (unpaired) electrons. The highest BCUT2D eigenvalue weighted by Crippen LogP contribution is 2.25. The van der Waals surface area contributed by atoms with Gasteiger partial charge >= 0.3 is 0 Å². The summed E-state index contributed by atoms with van der Waals surface area (Å²) in [5.41, 5.74) is 0. The average Bonchev–Trinajstić information content (AvgIpc) is 3.10. The van der Waals surface area contributed by atoms with Gasteiger partial charge in [0, 0.05) is 38.5 Å². The van der Waals surface area contributed by atoms with Crippen molar-refractivity contribution in [1.82, 2.24) is 15.4 Å². The summed E-state index contributed by atoms with van der Waals surface area (Å²) in [4.78, 5) is 4.14. The number of sulfonamides is 1. The molecule has 0 saturated carbocycles. The number of thioether (sulfide) groups is 1. The van der Waals surface area contributed by atoms with Crippen LogP contribution in [0.1, 0.15) is 32.1 Å². The van der Waals surface area contributed by atoms with Crippen molar-refractivity contribution in [2.24, 2.45) is 4.99 Å². The van der Waals surface area contributed by atoms with Gasteiger partial charge < -0.3 is 15.4 Å². The molecule has 25 heavy (non-hydrogen) atoms. The SMILES string of the molecule is CN=C(NCCS(=O)(=O)NCC1CCCCO1)NCC1CCCS1.I. The molecular weight excluding hydrogens is 475 g/mol. The van der Waals surface area contributed by atoms with Crippen molar-refractivity contribution in [2.45, 2.75) is 43.5 Å². The van der Waals surface area contributed by atoms with Crippen molar-refractivity contribution in [3.8, 4) is 0 Å². The lowest BCUT2D eigenvalue weighted by Gasteiger charge is -2.22. The predicted octanol–water partition coefficient (Wildman–Crippen LogP) is 1.15. The Hall–Kier alpha value is 0.220. The van der Waals surface area contributed by atoms with E-state index in [9.17, 15) is 8.42 Å². The fourth-order valence-corrected chi connectivity index (χ4v) is 4.96. The van der Waals surface area contributed by atoms with E-state index < -0.39 is 10.0 Å². The zero-order chi connectivity index (χ0) is 17.3. The van der Waals surface area contributed by atoms with Gasteiger partial charge in [0.15, 0.2) is 5.96 Å². The van der Waals surface area contributed by atoms with E-state index in [0.29, 0.717) is 24.3 Å². The van der Waals surface area contributed by atoms with Gasteiger partial charge in [-0.2, -0.15) is 11.8 Å². The van der Waals surface area contributed by atoms with E-state index >= 15 is 0 Å². The molecule has 2 aliphatic heterocycles. The summed E-state index contributed by atoms with van der Waals surface area (Å²) in [6.07, 6.45) is 5.62. The van der Waals surface area contributed by atoms with Gasteiger partial charge in [0.25, 0.3) is 0 Å². The Morgan fingerprint density at radius 2 is 2.04 bits per heavy atom. The van der Waals surface area contributed by atoms with Gasteiger partial charge in [-0.15, -0.1) is 24.0 Å². The molecule has 2 saturated heterocycles. The molecule has 2 fully saturated rings. The Bertz CT molecular complexity index is 493. The molecule has 2 aliphatic rings. The van der Waals surface area contributed by atoms with Gasteiger partial charge in [-0.1, -0.05) is 0 Å². The number of nitrogens with one attached hydrogen (secondary N) is 3. The highest BCUT2D eigenvalue weighted by Gasteiger charge is 2.18. The van der Waals surface area contributed by atoms with Gasteiger partial charge in [-0.25, -0.2) is 13.1 Å². The second-order valence-electron chi connectivity index (χ2n) is 6.17. The maximum Gasteiger partial charge on any atom is 0.213 e. The van der Waals surface area contributed by atoms with E-state index in [0.717, 1.165) is 32.4 Å². The maximum atomic E-state index is 12.0. The third-order valence-electron chi connectivity index (χ3n) is 4.21. The lowest BCUT2D eigenvalue weighted by atomic mass is 10.1. The summed E-state index contributed by atoms with van der Waals surface area (Å²) < 4.78 is 32.3. The Balaban J connectivity index is 0.00000312. The van der Waals surface area contributed by atoms with Crippen LogP contribution in [0.4, 0.5) is 0 Å². The van der Waals surface area contributed by atoms with Crippen LogP contribution in [0.5, 0.6) is 0 Å². The molecule has 0 aromatic carbocycles. The molecule has 10 heteroatoms. The molecular formula is C15H31IN4O3S2. The van der Waals surface area contributed by atoms with Gasteiger partial charge in [0.1, 0.15) is 0 Å². The molecule has 0 amide bonds. The molecule has 148 valence electrons. The molecule has 0 spiro atoms. The molecule has 2 atom stereocenters. The second kappa shape index (κ2) is 12.6. The van der Waals surface area contributed by atoms with E-state index in [2.05, 4.69) is 20.3 Å². The number of guanidine groups is 1. The minimum atomic E-state index is -3.29. The first-order valence-corrected chi connectivity index (χ1v) is 11.4. The molecule has 2 unspecified atom stereocenters. The van der Waals surface area contributed by atoms with Crippen LogP contribution < -0.4 is 15.4 Å². The fraction of sp³-hybridized carbons (Fsp3) is 0.933. The number of hydrogen-bond acceptors (Lipinski definition) is 5. The number of nitrogens with zero attached hydrogens (tertiary/aromatic N) is 1. The largest absolute Gasteiger partial charge is 0.377 e. The number of rotatable bonds is 8. The number of aliphatic imine (C=N–C) groups is 1. The second-order valence-corrected chi connectivity index (χ2v) is 9.51. The Kier molecular flexibility index (Phi) is 11.7. The number of ether oxygens (including phenoxy) is 1. The molecule has 0 aromatic heterocycles. The highest BCUT2D eigenvalue weighted by atomic mass is 127. The van der Waals surface area contributed by atoms with Crippen LogP contribution >= 0.6 is 35.7 Å². The summed E-state index contributed by atoms with van der Waals surface area (Å²) >= 11 is 1.98. The van der Waals surface area contributed by atoms with E-state index in [1.54, 1.807) is 7.05 Å². The topological polar surface area (TPSA) is 91.8 Å². The first-order chi connectivity index (χ1) is 11.6. The van der Waals surface area contributed by atoms with Crippen LogP contribution in [-0.4, -0.2) is 70.5 Å². The first-order valence-electron chi connectivity index (χ1n) is 8.74. The van der Waals surface area contributed by atoms with Crippen LogP contribution in [0.3, 0.4) is 0 Å². The smallest absolute Gasteiger partial charge is 0.213 e. The standard InChI is InChI=1S/C15H30N4O3S2.HI/c1-16-15(18-12-14-6-4-9-23-14)17-7-10-24(20,21)19-11-13-5-2-3-8-22-13;/h13-14,19H,2-12H2,1H3,(H2,16,17,18);1H. The zero-order valence-electron chi connectivity index (χ0n) is 14.8. The zero-order valence-corrected chi connectivity index (χ0v) is 18.8. The lowest BCUT2D eigenvalue weighted by molar-refractivity contribution is 0.0200. The van der Waals surface area contributed by atoms with Crippen LogP contribution in [-0.2, 0) is 14.8 Å². The first kappa shape index (κ1) is 23.3. The van der Waals surface area contributed by atoms with Crippen molar-refractivity contribution >= 4 is 51.7 Å². The Morgan fingerprint density at radius 3 is 2.68 bits per heavy atom. The van der Waals surface area contributed by atoms with E-state index in [1.807, 2.05) is 11.8 Å². The number of hydrogen-bond donors (Lipinski definition) is 3. The van der Waals surface area contributed by atoms with Crippen molar-refractivity contribution < 1.29 is 13.2 Å². The molecule has 7 nitrogen and oxygen atoms in total. The summed E-state index contributed by atoms with van der Waals surface area (Å²) in [7, 11) is -1.60. The van der Waals surface area contributed by atoms with E-state index in [1.165, 1.54) is 18.6 Å². The normalized spacial score (nSPS) is 24.6. The van der Waals surface area contributed by atoms with Crippen LogP contribution in [0.15, 0.2) is 4.99 Å². The molecule has 0 aliphatic carbocycles. The van der Waals surface area contributed by atoms with Crippen molar-refractivity contribution in [3.63, 3.8) is 0 Å². The molecule has 2 heterocycles. The van der Waals surface area contributed by atoms with Crippen LogP contribution in [0.25, 0.3) is 0 Å². The minimum absolute atomic E-state index is 0. The van der Waals surface area contributed by atoms with Crippen LogP contribution in [0.2, 0.25) is 0 Å². The summed E-state index contributed by atoms with van der Waals surface area (Å²) in [6.45, 7) is 2.30. The lowest BCUT2D eigenvalue weighted by Crippen LogP contribution is -2.43.